The molecule has 0 aromatic carbocycles. The second kappa shape index (κ2) is 3.75. The largest absolute Gasteiger partial charge is 0.362 e. The average Bonchev–Trinajstić information content (AvgIpc) is 2.30. The number of ether oxygens (including phenoxy) is 1. The summed E-state index contributed by atoms with van der Waals surface area (Å²) in [5.41, 5.74) is 0. The maximum absolute atomic E-state index is 5.63. The summed E-state index contributed by atoms with van der Waals surface area (Å²) in [6.45, 7) is 12.0. The molecule has 0 aromatic heterocycles. The van der Waals surface area contributed by atoms with Gasteiger partial charge < -0.3 is 4.74 Å². The van der Waals surface area contributed by atoms with Gasteiger partial charge in [-0.2, -0.15) is 0 Å². The highest BCUT2D eigenvalue weighted by Gasteiger charge is 2.34. The Balaban J connectivity index is 2.64. The Kier molecular flexibility index (Phi) is 3.13. The van der Waals surface area contributed by atoms with Crippen LogP contribution in [-0.2, 0) is 4.74 Å². The van der Waals surface area contributed by atoms with E-state index in [0.29, 0.717) is 24.2 Å². The molecule has 1 saturated heterocycles. The molecule has 0 N–H and O–H groups in total. The Labute approximate surface area is 75.9 Å². The monoisotopic (exact) mass is 171 g/mol. The zero-order valence-corrected chi connectivity index (χ0v) is 8.87. The van der Waals surface area contributed by atoms with Crippen LogP contribution < -0.4 is 0 Å². The molecule has 0 aliphatic carbocycles. The summed E-state index contributed by atoms with van der Waals surface area (Å²) in [4.78, 5) is 2.46. The van der Waals surface area contributed by atoms with Gasteiger partial charge in [0.1, 0.15) is 6.23 Å². The van der Waals surface area contributed by atoms with Crippen LogP contribution in [0, 0.1) is 5.92 Å². The lowest BCUT2D eigenvalue weighted by atomic mass is 10.0. The molecule has 12 heavy (non-hydrogen) atoms. The predicted octanol–water partition coefficient (Wildman–Crippen LogP) is 2.10. The fourth-order valence-corrected chi connectivity index (χ4v) is 2.02. The van der Waals surface area contributed by atoms with Crippen molar-refractivity contribution in [2.24, 2.45) is 5.92 Å². The van der Waals surface area contributed by atoms with E-state index in [2.05, 4.69) is 39.5 Å². The van der Waals surface area contributed by atoms with Gasteiger partial charge in [0, 0.05) is 12.1 Å². The van der Waals surface area contributed by atoms with Crippen LogP contribution in [0.5, 0.6) is 0 Å². The molecule has 1 aliphatic rings. The van der Waals surface area contributed by atoms with Crippen molar-refractivity contribution in [3.8, 4) is 0 Å². The minimum absolute atomic E-state index is 0.303. The highest BCUT2D eigenvalue weighted by atomic mass is 16.5. The van der Waals surface area contributed by atoms with Crippen LogP contribution in [0.1, 0.15) is 34.6 Å². The van der Waals surface area contributed by atoms with Crippen molar-refractivity contribution >= 4 is 0 Å². The molecule has 1 fully saturated rings. The molecule has 0 saturated carbocycles. The second-order valence-electron chi connectivity index (χ2n) is 4.28. The summed E-state index contributed by atoms with van der Waals surface area (Å²) in [5.74, 6) is 0.692. The van der Waals surface area contributed by atoms with Crippen molar-refractivity contribution in [3.05, 3.63) is 0 Å². The van der Waals surface area contributed by atoms with Crippen molar-refractivity contribution in [1.82, 2.24) is 4.90 Å². The van der Waals surface area contributed by atoms with Crippen LogP contribution in [0.3, 0.4) is 0 Å². The highest BCUT2D eigenvalue weighted by molar-refractivity contribution is 4.83. The van der Waals surface area contributed by atoms with E-state index < -0.39 is 0 Å². The molecule has 2 heteroatoms. The van der Waals surface area contributed by atoms with Crippen molar-refractivity contribution in [2.45, 2.75) is 52.9 Å². The first-order chi connectivity index (χ1) is 5.54. The van der Waals surface area contributed by atoms with Crippen molar-refractivity contribution < 1.29 is 4.74 Å². The molecule has 1 heterocycles. The molecular formula is C10H21NO. The zero-order chi connectivity index (χ0) is 9.30. The van der Waals surface area contributed by atoms with E-state index in [1.807, 2.05) is 0 Å². The Morgan fingerprint density at radius 3 is 2.17 bits per heavy atom. The highest BCUT2D eigenvalue weighted by Crippen LogP contribution is 2.24. The first-order valence-electron chi connectivity index (χ1n) is 4.93. The van der Waals surface area contributed by atoms with Crippen molar-refractivity contribution in [2.75, 3.05) is 6.61 Å². The maximum Gasteiger partial charge on any atom is 0.108 e. The molecule has 72 valence electrons. The van der Waals surface area contributed by atoms with Gasteiger partial charge in [0.15, 0.2) is 0 Å². The predicted molar refractivity (Wildman–Crippen MR) is 51.0 cm³/mol. The first kappa shape index (κ1) is 10.0. The third-order valence-corrected chi connectivity index (χ3v) is 2.68. The molecule has 0 bridgehead atoms. The average molecular weight is 171 g/mol. The van der Waals surface area contributed by atoms with E-state index in [1.54, 1.807) is 0 Å². The Hall–Kier alpha value is -0.0800. The van der Waals surface area contributed by atoms with Gasteiger partial charge in [-0.05, 0) is 26.7 Å². The van der Waals surface area contributed by atoms with Crippen LogP contribution in [0.25, 0.3) is 0 Å². The van der Waals surface area contributed by atoms with Gasteiger partial charge in [0.25, 0.3) is 0 Å². The summed E-state index contributed by atoms with van der Waals surface area (Å²) < 4.78 is 5.63. The molecule has 0 radical (unpaired) electrons. The number of hydrogen-bond acceptors (Lipinski definition) is 2. The summed E-state index contributed by atoms with van der Waals surface area (Å²) in [6, 6.07) is 1.20. The summed E-state index contributed by atoms with van der Waals surface area (Å²) >= 11 is 0. The van der Waals surface area contributed by atoms with Crippen LogP contribution in [0.15, 0.2) is 0 Å². The summed E-state index contributed by atoms with van der Waals surface area (Å²) in [6.07, 6.45) is 0.303. The third-order valence-electron chi connectivity index (χ3n) is 2.68. The van der Waals surface area contributed by atoms with E-state index in [1.165, 1.54) is 0 Å². The van der Waals surface area contributed by atoms with E-state index >= 15 is 0 Å². The minimum atomic E-state index is 0.303. The topological polar surface area (TPSA) is 12.5 Å². The maximum atomic E-state index is 5.63. The molecule has 0 amide bonds. The van der Waals surface area contributed by atoms with Crippen LogP contribution in [0.4, 0.5) is 0 Å². The van der Waals surface area contributed by atoms with Crippen LogP contribution in [0.2, 0.25) is 0 Å². The molecule has 2 nitrogen and oxygen atoms in total. The van der Waals surface area contributed by atoms with Gasteiger partial charge >= 0.3 is 0 Å². The van der Waals surface area contributed by atoms with E-state index in [-0.39, 0.29) is 0 Å². The standard InChI is InChI=1S/C10H21NO/c1-7(2)10-6-12-9(5)11(10)8(3)4/h7-10H,6H2,1-5H3/t9-,10?/m0/s1. The molecule has 2 atom stereocenters. The van der Waals surface area contributed by atoms with Crippen molar-refractivity contribution in [1.29, 1.82) is 0 Å². The molecule has 1 aliphatic heterocycles. The molecule has 0 aromatic rings. The molecular weight excluding hydrogens is 150 g/mol. The van der Waals surface area contributed by atoms with Gasteiger partial charge in [0.2, 0.25) is 0 Å². The van der Waals surface area contributed by atoms with Gasteiger partial charge in [-0.3, -0.25) is 4.90 Å². The van der Waals surface area contributed by atoms with Gasteiger partial charge in [-0.1, -0.05) is 13.8 Å². The number of rotatable bonds is 2. The summed E-state index contributed by atoms with van der Waals surface area (Å²) in [7, 11) is 0. The quantitative estimate of drug-likeness (QED) is 0.631. The fourth-order valence-electron chi connectivity index (χ4n) is 2.02. The smallest absolute Gasteiger partial charge is 0.108 e. The Morgan fingerprint density at radius 2 is 1.83 bits per heavy atom. The fraction of sp³-hybridized carbons (Fsp3) is 1.00. The lowest BCUT2D eigenvalue weighted by Crippen LogP contribution is -2.43. The third kappa shape index (κ3) is 1.80. The van der Waals surface area contributed by atoms with Crippen LogP contribution in [-0.4, -0.2) is 29.8 Å². The van der Waals surface area contributed by atoms with Gasteiger partial charge in [0.05, 0.1) is 6.61 Å². The van der Waals surface area contributed by atoms with Crippen molar-refractivity contribution in [3.63, 3.8) is 0 Å². The molecule has 1 unspecified atom stereocenters. The Bertz CT molecular complexity index is 145. The van der Waals surface area contributed by atoms with Gasteiger partial charge in [-0.25, -0.2) is 0 Å². The van der Waals surface area contributed by atoms with E-state index in [9.17, 15) is 0 Å². The van der Waals surface area contributed by atoms with E-state index in [4.69, 9.17) is 4.74 Å². The lowest BCUT2D eigenvalue weighted by molar-refractivity contribution is 0.0263. The zero-order valence-electron chi connectivity index (χ0n) is 8.87. The van der Waals surface area contributed by atoms with E-state index in [0.717, 1.165) is 6.61 Å². The second-order valence-corrected chi connectivity index (χ2v) is 4.28. The first-order valence-corrected chi connectivity index (χ1v) is 4.93. The molecule has 1 rings (SSSR count). The lowest BCUT2D eigenvalue weighted by Gasteiger charge is -2.31. The SMILES string of the molecule is CC(C)C1CO[C@@H](C)N1C(C)C. The number of hydrogen-bond donors (Lipinski definition) is 0. The van der Waals surface area contributed by atoms with Gasteiger partial charge in [-0.15, -0.1) is 0 Å². The minimum Gasteiger partial charge on any atom is -0.362 e. The Morgan fingerprint density at radius 1 is 1.25 bits per heavy atom. The normalized spacial score (nSPS) is 32.2. The van der Waals surface area contributed by atoms with Crippen LogP contribution >= 0.6 is 0 Å². The molecule has 0 spiro atoms. The number of nitrogens with zero attached hydrogens (tertiary/aromatic N) is 1. The summed E-state index contributed by atoms with van der Waals surface area (Å²) in [5, 5.41) is 0.